The molecular formula is C19H24N8O4S3. The second-order valence-corrected chi connectivity index (χ2v) is 10.3. The number of nitrogens with zero attached hydrogens (tertiary/aromatic N) is 2. The zero-order valence-corrected chi connectivity index (χ0v) is 20.5. The van der Waals surface area contributed by atoms with Gasteiger partial charge >= 0.3 is 6.09 Å². The number of rotatable bonds is 9. The number of thiazole rings is 1. The van der Waals surface area contributed by atoms with Crippen molar-refractivity contribution in [1.82, 2.24) is 10.5 Å². The molecule has 15 heteroatoms. The Hall–Kier alpha value is -2.95. The fourth-order valence-corrected chi connectivity index (χ4v) is 6.19. The molecule has 1 heterocycles. The van der Waals surface area contributed by atoms with E-state index in [4.69, 9.17) is 27.2 Å². The number of ether oxygens (including phenoxy) is 1. The molecule has 0 aliphatic heterocycles. The fourth-order valence-electron chi connectivity index (χ4n) is 3.21. The van der Waals surface area contributed by atoms with Crippen molar-refractivity contribution in [2.75, 3.05) is 24.2 Å². The van der Waals surface area contributed by atoms with Gasteiger partial charge in [-0.2, -0.15) is 0 Å². The van der Waals surface area contributed by atoms with Crippen molar-refractivity contribution in [3.63, 3.8) is 0 Å². The van der Waals surface area contributed by atoms with Gasteiger partial charge in [-0.05, 0) is 24.6 Å². The summed E-state index contributed by atoms with van der Waals surface area (Å²) in [7, 11) is -4.24. The Morgan fingerprint density at radius 3 is 2.68 bits per heavy atom. The van der Waals surface area contributed by atoms with E-state index in [-0.39, 0.29) is 22.9 Å². The monoisotopic (exact) mass is 524 g/mol. The van der Waals surface area contributed by atoms with Crippen LogP contribution in [0.15, 0.2) is 45.2 Å². The van der Waals surface area contributed by atoms with Gasteiger partial charge in [0.15, 0.2) is 11.0 Å². The molecule has 0 bridgehead atoms. The third kappa shape index (κ3) is 5.57. The van der Waals surface area contributed by atoms with Gasteiger partial charge in [-0.3, -0.25) is 5.32 Å². The summed E-state index contributed by atoms with van der Waals surface area (Å²) >= 11 is 2.46. The smallest absolute Gasteiger partial charge is 0.413 e. The van der Waals surface area contributed by atoms with Crippen molar-refractivity contribution in [2.24, 2.45) is 27.6 Å². The number of sulfonamides is 1. The lowest BCUT2D eigenvalue weighted by atomic mass is 9.98. The van der Waals surface area contributed by atoms with E-state index in [1.165, 1.54) is 23.1 Å². The third-order valence-electron chi connectivity index (χ3n) is 4.42. The number of carbonyl (C=O) groups excluding carboxylic acids is 1. The van der Waals surface area contributed by atoms with Crippen LogP contribution in [0.3, 0.4) is 0 Å². The Morgan fingerprint density at radius 1 is 1.26 bits per heavy atom. The predicted molar refractivity (Wildman–Crippen MR) is 135 cm³/mol. The maximum absolute atomic E-state index is 12.7. The molecule has 0 radical (unpaired) electrons. The number of benzene rings is 2. The molecule has 0 unspecified atom stereocenters. The van der Waals surface area contributed by atoms with E-state index in [0.29, 0.717) is 39.0 Å². The number of hydrazone groups is 1. The highest BCUT2D eigenvalue weighted by molar-refractivity contribution is 8.00. The Labute approximate surface area is 204 Å². The van der Waals surface area contributed by atoms with Crippen molar-refractivity contribution in [1.29, 1.82) is 0 Å². The highest BCUT2D eigenvalue weighted by Crippen LogP contribution is 2.39. The van der Waals surface area contributed by atoms with E-state index in [1.807, 2.05) is 6.07 Å². The second kappa shape index (κ2) is 11.0. The van der Waals surface area contributed by atoms with E-state index in [0.717, 1.165) is 4.70 Å². The van der Waals surface area contributed by atoms with Crippen LogP contribution in [-0.2, 0) is 14.8 Å². The number of fused-ring (bicyclic) bond motifs is 1. The van der Waals surface area contributed by atoms with Crippen LogP contribution in [0.5, 0.6) is 0 Å². The number of hydrogen-bond acceptors (Lipinski definition) is 11. The molecule has 0 aliphatic carbocycles. The molecule has 0 spiro atoms. The van der Waals surface area contributed by atoms with E-state index < -0.39 is 16.1 Å². The van der Waals surface area contributed by atoms with Gasteiger partial charge in [0.25, 0.3) is 0 Å². The Bertz CT molecular complexity index is 1340. The SMILES string of the molecule is CCOC(=O)Nc1nc2c(-c3ccc(SCCN)c(S(N)(=O)=O)c3/C(N)=N/NN)cccc2s1. The highest BCUT2D eigenvalue weighted by Gasteiger charge is 2.27. The summed E-state index contributed by atoms with van der Waals surface area (Å²) in [4.78, 5) is 16.5. The molecule has 1 aromatic heterocycles. The molecule has 182 valence electrons. The van der Waals surface area contributed by atoms with E-state index in [9.17, 15) is 13.2 Å². The number of primary sulfonamides is 1. The quantitative estimate of drug-likeness (QED) is 0.0775. The van der Waals surface area contributed by atoms with Crippen LogP contribution in [0.4, 0.5) is 9.93 Å². The minimum absolute atomic E-state index is 0.0721. The summed E-state index contributed by atoms with van der Waals surface area (Å²) in [5.41, 5.74) is 15.4. The zero-order chi connectivity index (χ0) is 24.9. The average Bonchev–Trinajstić information content (AvgIpc) is 3.19. The van der Waals surface area contributed by atoms with Gasteiger partial charge in [-0.1, -0.05) is 29.5 Å². The van der Waals surface area contributed by atoms with Crippen LogP contribution in [0.1, 0.15) is 12.5 Å². The number of carbonyl (C=O) groups is 1. The first kappa shape index (κ1) is 25.7. The number of nitrogens with two attached hydrogens (primary N) is 4. The number of amidine groups is 1. The number of aromatic nitrogens is 1. The van der Waals surface area contributed by atoms with E-state index >= 15 is 0 Å². The molecule has 0 saturated carbocycles. The number of anilines is 1. The number of hydrogen-bond donors (Lipinski definition) is 6. The first-order chi connectivity index (χ1) is 16.2. The first-order valence-electron chi connectivity index (χ1n) is 9.86. The van der Waals surface area contributed by atoms with Crippen molar-refractivity contribution in [3.05, 3.63) is 35.9 Å². The lowest BCUT2D eigenvalue weighted by Gasteiger charge is -2.17. The molecule has 2 aromatic carbocycles. The molecule has 10 N–H and O–H groups in total. The standard InChI is InChI=1S/C19H24N8O4S3/c1-2-31-19(28)25-18-24-15-11(4-3-5-12(15)33-18)10-6-7-13(32-9-8-20)16(34(23,29)30)14(10)17(21)26-27-22/h3-7,27H,2,8-9,20,22H2,1H3,(H2,21,26)(H2,23,29,30)(H,24,25,28). The molecule has 1 amide bonds. The van der Waals surface area contributed by atoms with Crippen LogP contribution in [0.2, 0.25) is 0 Å². The average molecular weight is 525 g/mol. The molecule has 0 fully saturated rings. The number of thioether (sulfide) groups is 1. The summed E-state index contributed by atoms with van der Waals surface area (Å²) in [6.07, 6.45) is -0.632. The maximum Gasteiger partial charge on any atom is 0.413 e. The summed E-state index contributed by atoms with van der Waals surface area (Å²) < 4.78 is 31.0. The zero-order valence-electron chi connectivity index (χ0n) is 18.1. The summed E-state index contributed by atoms with van der Waals surface area (Å²) in [5.74, 6) is 5.59. The van der Waals surface area contributed by atoms with Crippen LogP contribution in [0.25, 0.3) is 21.3 Å². The largest absolute Gasteiger partial charge is 0.450 e. The van der Waals surface area contributed by atoms with Crippen molar-refractivity contribution in [2.45, 2.75) is 16.7 Å². The minimum atomic E-state index is -4.24. The number of nitrogens with one attached hydrogen (secondary N) is 2. The molecule has 0 saturated heterocycles. The lowest BCUT2D eigenvalue weighted by Crippen LogP contribution is -2.27. The Balaban J connectivity index is 2.30. The Morgan fingerprint density at radius 2 is 2.03 bits per heavy atom. The van der Waals surface area contributed by atoms with Crippen LogP contribution in [-0.4, -0.2) is 44.2 Å². The van der Waals surface area contributed by atoms with Gasteiger partial charge < -0.3 is 16.2 Å². The summed E-state index contributed by atoms with van der Waals surface area (Å²) in [6.45, 7) is 2.23. The van der Waals surface area contributed by atoms with E-state index in [1.54, 1.807) is 31.2 Å². The Kier molecular flexibility index (Phi) is 8.29. The van der Waals surface area contributed by atoms with E-state index in [2.05, 4.69) is 20.9 Å². The summed E-state index contributed by atoms with van der Waals surface area (Å²) in [6, 6.07) is 8.67. The van der Waals surface area contributed by atoms with Crippen molar-refractivity contribution < 1.29 is 17.9 Å². The van der Waals surface area contributed by atoms with Crippen LogP contribution >= 0.6 is 23.1 Å². The lowest BCUT2D eigenvalue weighted by molar-refractivity contribution is 0.168. The second-order valence-electron chi connectivity index (χ2n) is 6.64. The topological polar surface area (TPSA) is 214 Å². The van der Waals surface area contributed by atoms with Gasteiger partial charge in [-0.15, -0.1) is 16.9 Å². The van der Waals surface area contributed by atoms with Gasteiger partial charge in [-0.25, -0.2) is 34.7 Å². The fraction of sp³-hybridized carbons (Fsp3) is 0.211. The molecule has 3 aromatic rings. The van der Waals surface area contributed by atoms with Crippen molar-refractivity contribution >= 4 is 60.4 Å². The highest BCUT2D eigenvalue weighted by atomic mass is 32.2. The van der Waals surface area contributed by atoms with Gasteiger partial charge in [0.05, 0.1) is 16.8 Å². The van der Waals surface area contributed by atoms with Crippen LogP contribution < -0.4 is 33.3 Å². The van der Waals surface area contributed by atoms with Crippen molar-refractivity contribution in [3.8, 4) is 11.1 Å². The predicted octanol–water partition coefficient (Wildman–Crippen LogP) is 1.31. The van der Waals surface area contributed by atoms with Crippen LogP contribution in [0, 0.1) is 0 Å². The number of amides is 1. The maximum atomic E-state index is 12.7. The minimum Gasteiger partial charge on any atom is -0.450 e. The molecule has 0 aliphatic rings. The number of para-hydroxylation sites is 1. The molecule has 34 heavy (non-hydrogen) atoms. The molecule has 3 rings (SSSR count). The third-order valence-corrected chi connectivity index (χ3v) is 7.57. The molecule has 12 nitrogen and oxygen atoms in total. The molecule has 0 atom stereocenters. The normalized spacial score (nSPS) is 12.1. The number of hydrazine groups is 1. The molecular weight excluding hydrogens is 500 g/mol. The van der Waals surface area contributed by atoms with Gasteiger partial charge in [0.2, 0.25) is 10.0 Å². The summed E-state index contributed by atoms with van der Waals surface area (Å²) in [5, 5.41) is 12.3. The first-order valence-corrected chi connectivity index (χ1v) is 13.2. The van der Waals surface area contributed by atoms with Gasteiger partial charge in [0.1, 0.15) is 4.90 Å². The van der Waals surface area contributed by atoms with Gasteiger partial charge in [0, 0.05) is 28.3 Å².